The predicted octanol–water partition coefficient (Wildman–Crippen LogP) is 10.1. The number of hydrogen-bond donors (Lipinski definition) is 0. The van der Waals surface area contributed by atoms with Crippen LogP contribution in [0.1, 0.15) is 43.5 Å². The summed E-state index contributed by atoms with van der Waals surface area (Å²) in [6.45, 7) is 4.50. The van der Waals surface area contributed by atoms with Gasteiger partial charge in [-0.3, -0.25) is 0 Å². The summed E-state index contributed by atoms with van der Waals surface area (Å²) in [5.41, 5.74) is 12.7. The predicted molar refractivity (Wildman–Crippen MR) is 170 cm³/mol. The third kappa shape index (κ3) is 3.86. The molecule has 0 spiro atoms. The summed E-state index contributed by atoms with van der Waals surface area (Å²) in [6.07, 6.45) is 4.72. The second kappa shape index (κ2) is 7.60. The van der Waals surface area contributed by atoms with Gasteiger partial charge in [0.2, 0.25) is 0 Å². The van der Waals surface area contributed by atoms with E-state index in [-0.39, 0.29) is 7.35 Å². The van der Waals surface area contributed by atoms with Crippen molar-refractivity contribution in [3.63, 3.8) is 0 Å². The van der Waals surface area contributed by atoms with Gasteiger partial charge in [0.05, 0.1) is 0 Å². The van der Waals surface area contributed by atoms with Gasteiger partial charge in [0.15, 0.2) is 0 Å². The van der Waals surface area contributed by atoms with E-state index < -0.39 is 12.4 Å². The molecule has 0 saturated carbocycles. The van der Waals surface area contributed by atoms with Crippen LogP contribution < -0.4 is 0 Å². The van der Waals surface area contributed by atoms with Crippen molar-refractivity contribution in [3.05, 3.63) is 130 Å². The average molecular weight is 721 g/mol. The molecule has 0 nitrogen and oxygen atoms in total. The maximum absolute atomic E-state index is 8.50. The molecule has 0 aromatic heterocycles. The van der Waals surface area contributed by atoms with Gasteiger partial charge in [-0.1, -0.05) is 0 Å². The van der Waals surface area contributed by atoms with Crippen molar-refractivity contribution in [2.24, 2.45) is 0 Å². The Morgan fingerprint density at radius 1 is 0.553 bits per heavy atom. The Labute approximate surface area is 230 Å². The molecular weight excluding hydrogens is 686 g/mol. The topological polar surface area (TPSA) is 0 Å². The van der Waals surface area contributed by atoms with Crippen LogP contribution >= 0.6 is 17.2 Å². The Balaban J connectivity index is 1.59. The fourth-order valence-electron chi connectivity index (χ4n) is 8.33. The number of rotatable bonds is 4. The molecule has 2 aliphatic rings. The molecule has 6 rings (SSSR count). The first-order valence-electron chi connectivity index (χ1n) is 13.6. The van der Waals surface area contributed by atoms with E-state index in [1.165, 1.54) is 55.7 Å². The molecule has 2 aliphatic carbocycles. The number of fused-ring (bicyclic) bond motifs is 2. The van der Waals surface area contributed by atoms with E-state index in [0.717, 1.165) is 0 Å². The minimum absolute atomic E-state index is 0.00706. The van der Waals surface area contributed by atoms with Crippen LogP contribution in [0.3, 0.4) is 0 Å². The zero-order chi connectivity index (χ0) is 27.0. The summed E-state index contributed by atoms with van der Waals surface area (Å²) in [5, 5.41) is 0. The van der Waals surface area contributed by atoms with Crippen LogP contribution in [0.25, 0.3) is 34.4 Å². The van der Waals surface area contributed by atoms with Gasteiger partial charge in [-0.25, -0.2) is 0 Å². The first-order chi connectivity index (χ1) is 17.7. The molecule has 4 aromatic carbocycles. The fourth-order valence-corrected chi connectivity index (χ4v) is 57.8. The molecule has 0 N–H and O–H groups in total. The van der Waals surface area contributed by atoms with Gasteiger partial charge in [-0.05, 0) is 0 Å². The summed E-state index contributed by atoms with van der Waals surface area (Å²) >= 11 is -5.76. The van der Waals surface area contributed by atoms with Gasteiger partial charge in [-0.15, -0.1) is 0 Å². The van der Waals surface area contributed by atoms with E-state index in [9.17, 15) is 0 Å². The fraction of sp³-hybridized carbons (Fsp3) is 0.176. The summed E-state index contributed by atoms with van der Waals surface area (Å²) in [5.74, 6) is 0. The molecular formula is C34H35Cl2HfSi. The van der Waals surface area contributed by atoms with Crippen LogP contribution in [0.2, 0.25) is 9.36 Å². The first-order valence-corrected chi connectivity index (χ1v) is 45.6. The monoisotopic (exact) mass is 721 g/mol. The minimum atomic E-state index is -5.76. The summed E-state index contributed by atoms with van der Waals surface area (Å²) in [6, 6.07) is 34.7. The van der Waals surface area contributed by atoms with Crippen LogP contribution in [0.4, 0.5) is 0 Å². The zero-order valence-corrected chi connectivity index (χ0v) is 29.9. The Morgan fingerprint density at radius 2 is 0.921 bits per heavy atom. The molecule has 38 heavy (non-hydrogen) atoms. The third-order valence-corrected chi connectivity index (χ3v) is 49.3. The van der Waals surface area contributed by atoms with Crippen molar-refractivity contribution < 1.29 is 12.4 Å². The van der Waals surface area contributed by atoms with Gasteiger partial charge >= 0.3 is 232 Å². The SMILES string of the molecule is CC1=Cc2c(-c3ccccc3)cccc2[CH]1[Hf]([CH3])([CH3])([SiH3])([Cl])([Cl])[CH]1C(C)=Cc2c(-c3ccccc3)cccc21. The van der Waals surface area contributed by atoms with Gasteiger partial charge in [0.1, 0.15) is 0 Å². The van der Waals surface area contributed by atoms with Gasteiger partial charge in [0, 0.05) is 0 Å². The van der Waals surface area contributed by atoms with Crippen LogP contribution in [-0.4, -0.2) is 7.43 Å². The van der Waals surface area contributed by atoms with E-state index in [0.29, 0.717) is 7.43 Å². The van der Waals surface area contributed by atoms with Crippen LogP contribution in [0.15, 0.2) is 108 Å². The first kappa shape index (κ1) is 26.3. The van der Waals surface area contributed by atoms with E-state index in [2.05, 4.69) is 132 Å². The van der Waals surface area contributed by atoms with E-state index in [4.69, 9.17) is 17.2 Å². The molecule has 0 saturated heterocycles. The molecule has 0 amide bonds. The molecule has 0 heterocycles. The quantitative estimate of drug-likeness (QED) is 0.184. The standard InChI is InChI=1S/2C16H13.2CH3.2ClH.Hf.H3Si/c2*1-12-10-14-8-5-9-15(16(14)11-12)13-6-3-2-4-7-13;;;;;;/h2*2-11H,1H3;2*1H3;2*1H;;1H3/q;;;;;;+2;/p-2. The second-order valence-corrected chi connectivity index (χ2v) is 129. The Morgan fingerprint density at radius 3 is 1.29 bits per heavy atom. The second-order valence-electron chi connectivity index (χ2n) is 14.0. The normalized spacial score (nSPS) is 21.4. The van der Waals surface area contributed by atoms with Crippen LogP contribution in [0, 0.1) is 0 Å². The van der Waals surface area contributed by atoms with Crippen molar-refractivity contribution in [1.29, 1.82) is 0 Å². The van der Waals surface area contributed by atoms with Gasteiger partial charge < -0.3 is 0 Å². The van der Waals surface area contributed by atoms with Crippen molar-refractivity contribution in [2.45, 2.75) is 30.6 Å². The molecule has 2 atom stereocenters. The van der Waals surface area contributed by atoms with E-state index in [1.54, 1.807) is 0 Å². The number of benzene rings is 4. The van der Waals surface area contributed by atoms with Crippen molar-refractivity contribution in [1.82, 2.24) is 0 Å². The number of halogens is 2. The molecule has 4 aromatic rings. The van der Waals surface area contributed by atoms with E-state index >= 15 is 0 Å². The number of hydrogen-bond acceptors (Lipinski definition) is 0. The maximum atomic E-state index is 8.50. The molecule has 193 valence electrons. The number of allylic oxidation sites excluding steroid dienone is 2. The van der Waals surface area contributed by atoms with Gasteiger partial charge in [-0.2, -0.15) is 0 Å². The summed E-state index contributed by atoms with van der Waals surface area (Å²) < 4.78 is 4.68. The van der Waals surface area contributed by atoms with Crippen molar-refractivity contribution in [3.8, 4) is 22.3 Å². The van der Waals surface area contributed by atoms with E-state index in [1.807, 2.05) is 0 Å². The molecule has 4 heteroatoms. The molecule has 2 unspecified atom stereocenters. The zero-order valence-electron chi connectivity index (χ0n) is 22.8. The van der Waals surface area contributed by atoms with Crippen molar-refractivity contribution >= 4 is 36.7 Å². The summed E-state index contributed by atoms with van der Waals surface area (Å²) in [7, 11) is 17.7. The molecule has 0 aliphatic heterocycles. The van der Waals surface area contributed by atoms with Crippen molar-refractivity contribution in [2.75, 3.05) is 0 Å². The average Bonchev–Trinajstić information content (AvgIpc) is 3.41. The molecule has 0 fully saturated rings. The summed E-state index contributed by atoms with van der Waals surface area (Å²) in [4.78, 5) is 0. The Kier molecular flexibility index (Phi) is 5.26. The third-order valence-electron chi connectivity index (χ3n) is 9.23. The Bertz CT molecular complexity index is 1570. The Hall–Kier alpha value is -1.97. The van der Waals surface area contributed by atoms with Gasteiger partial charge in [0.25, 0.3) is 0 Å². The molecule has 0 bridgehead atoms. The molecule has 0 radical (unpaired) electrons. The van der Waals surface area contributed by atoms with Crippen LogP contribution in [-0.2, 0) is 12.4 Å². The van der Waals surface area contributed by atoms with Crippen LogP contribution in [0.5, 0.6) is 0 Å².